The van der Waals surface area contributed by atoms with Gasteiger partial charge in [0.05, 0.1) is 17.9 Å². The highest BCUT2D eigenvalue weighted by atomic mass is 32.2. The van der Waals surface area contributed by atoms with Gasteiger partial charge in [0, 0.05) is 11.3 Å². The van der Waals surface area contributed by atoms with E-state index in [4.69, 9.17) is 4.74 Å². The summed E-state index contributed by atoms with van der Waals surface area (Å²) < 4.78 is 18.6. The molecule has 0 aliphatic carbocycles. The van der Waals surface area contributed by atoms with Gasteiger partial charge in [0.25, 0.3) is 0 Å². The van der Waals surface area contributed by atoms with Gasteiger partial charge >= 0.3 is 0 Å². The highest BCUT2D eigenvalue weighted by Gasteiger charge is 2.20. The summed E-state index contributed by atoms with van der Waals surface area (Å²) in [4.78, 5) is 13.0. The highest BCUT2D eigenvalue weighted by Crippen LogP contribution is 2.31. The molecular formula is C16H13FO2S. The van der Waals surface area contributed by atoms with Gasteiger partial charge < -0.3 is 4.74 Å². The highest BCUT2D eigenvalue weighted by molar-refractivity contribution is 8.00. The molecule has 1 aliphatic rings. The number of Topliss-reactive ketones (excluding diaryl/α,β-unsaturated/α-hetero) is 1. The largest absolute Gasteiger partial charge is 0.492 e. The second-order valence-corrected chi connectivity index (χ2v) is 5.61. The molecule has 1 aliphatic heterocycles. The fraction of sp³-hybridized carbons (Fsp3) is 0.188. The fourth-order valence-corrected chi connectivity index (χ4v) is 3.04. The number of carbonyl (C=O) groups excluding carboxylic acids is 1. The predicted molar refractivity (Wildman–Crippen MR) is 77.1 cm³/mol. The Balaban J connectivity index is 1.73. The third-order valence-electron chi connectivity index (χ3n) is 3.18. The second-order valence-electron chi connectivity index (χ2n) is 4.56. The van der Waals surface area contributed by atoms with Crippen molar-refractivity contribution in [1.82, 2.24) is 0 Å². The minimum atomic E-state index is -0.286. The van der Waals surface area contributed by atoms with Gasteiger partial charge in [0.1, 0.15) is 11.6 Å². The van der Waals surface area contributed by atoms with Gasteiger partial charge in [-0.25, -0.2) is 4.39 Å². The first-order chi connectivity index (χ1) is 9.74. The minimum Gasteiger partial charge on any atom is -0.492 e. The second kappa shape index (κ2) is 5.67. The third-order valence-corrected chi connectivity index (χ3v) is 4.17. The molecule has 0 aromatic heterocycles. The summed E-state index contributed by atoms with van der Waals surface area (Å²) in [7, 11) is 0. The van der Waals surface area contributed by atoms with Crippen molar-refractivity contribution in [2.24, 2.45) is 0 Å². The van der Waals surface area contributed by atoms with Crippen molar-refractivity contribution in [3.8, 4) is 5.75 Å². The van der Waals surface area contributed by atoms with Gasteiger partial charge in [-0.05, 0) is 29.8 Å². The topological polar surface area (TPSA) is 26.3 Å². The van der Waals surface area contributed by atoms with Crippen molar-refractivity contribution >= 4 is 17.5 Å². The summed E-state index contributed by atoms with van der Waals surface area (Å²) in [5.74, 6) is 0.727. The van der Waals surface area contributed by atoms with E-state index < -0.39 is 0 Å². The first kappa shape index (κ1) is 13.2. The molecule has 0 bridgehead atoms. The number of fused-ring (bicyclic) bond motifs is 1. The number of thioether (sulfide) groups is 1. The Labute approximate surface area is 121 Å². The number of ketones is 1. The number of benzene rings is 2. The summed E-state index contributed by atoms with van der Waals surface area (Å²) in [5.41, 5.74) is 1.72. The maximum atomic E-state index is 13.1. The quantitative estimate of drug-likeness (QED) is 0.633. The predicted octanol–water partition coefficient (Wildman–Crippen LogP) is 3.74. The first-order valence-electron chi connectivity index (χ1n) is 6.40. The molecular weight excluding hydrogens is 275 g/mol. The number of rotatable bonds is 4. The smallest absolute Gasteiger partial charge is 0.176 e. The van der Waals surface area contributed by atoms with Crippen LogP contribution in [0.4, 0.5) is 4.39 Å². The van der Waals surface area contributed by atoms with Gasteiger partial charge in [0.15, 0.2) is 5.78 Å². The molecule has 102 valence electrons. The molecule has 4 heteroatoms. The molecule has 2 nitrogen and oxygen atoms in total. The van der Waals surface area contributed by atoms with Crippen LogP contribution < -0.4 is 4.74 Å². The van der Waals surface area contributed by atoms with Gasteiger partial charge in [-0.1, -0.05) is 18.2 Å². The van der Waals surface area contributed by atoms with Gasteiger partial charge in [-0.15, -0.1) is 11.8 Å². The van der Waals surface area contributed by atoms with Crippen LogP contribution in [0.1, 0.15) is 15.9 Å². The van der Waals surface area contributed by atoms with Crippen LogP contribution in [0.5, 0.6) is 5.75 Å². The van der Waals surface area contributed by atoms with Gasteiger partial charge in [-0.3, -0.25) is 4.79 Å². The van der Waals surface area contributed by atoms with Crippen molar-refractivity contribution in [3.63, 3.8) is 0 Å². The van der Waals surface area contributed by atoms with Crippen LogP contribution in [0, 0.1) is 5.82 Å². The monoisotopic (exact) mass is 288 g/mol. The molecule has 3 rings (SSSR count). The zero-order valence-electron chi connectivity index (χ0n) is 10.8. The number of hydrogen-bond donors (Lipinski definition) is 0. The number of para-hydroxylation sites is 1. The van der Waals surface area contributed by atoms with Crippen molar-refractivity contribution in [2.75, 3.05) is 12.4 Å². The Bertz CT molecular complexity index is 655. The Morgan fingerprint density at radius 3 is 2.95 bits per heavy atom. The number of hydrogen-bond acceptors (Lipinski definition) is 3. The summed E-state index contributed by atoms with van der Waals surface area (Å²) in [6.07, 6.45) is 0.855. The van der Waals surface area contributed by atoms with E-state index in [0.29, 0.717) is 12.2 Å². The van der Waals surface area contributed by atoms with E-state index in [9.17, 15) is 9.18 Å². The normalized spacial score (nSPS) is 12.8. The molecule has 0 saturated carbocycles. The number of ether oxygens (including phenoxy) is 1. The van der Waals surface area contributed by atoms with Crippen LogP contribution in [-0.4, -0.2) is 18.1 Å². The zero-order valence-corrected chi connectivity index (χ0v) is 11.6. The average molecular weight is 288 g/mol. The fourth-order valence-electron chi connectivity index (χ4n) is 2.22. The van der Waals surface area contributed by atoms with E-state index in [-0.39, 0.29) is 17.4 Å². The summed E-state index contributed by atoms with van der Waals surface area (Å²) in [6, 6.07) is 11.9. The van der Waals surface area contributed by atoms with Crippen molar-refractivity contribution in [3.05, 3.63) is 59.4 Å². The zero-order chi connectivity index (χ0) is 13.9. The van der Waals surface area contributed by atoms with E-state index in [1.807, 2.05) is 12.1 Å². The summed E-state index contributed by atoms with van der Waals surface area (Å²) in [5, 5.41) is 0. The first-order valence-corrected chi connectivity index (χ1v) is 7.39. The minimum absolute atomic E-state index is 0.0120. The van der Waals surface area contributed by atoms with Crippen molar-refractivity contribution in [1.29, 1.82) is 0 Å². The molecule has 0 atom stereocenters. The summed E-state index contributed by atoms with van der Waals surface area (Å²) in [6.45, 7) is 0.636. The van der Waals surface area contributed by atoms with E-state index in [0.717, 1.165) is 22.6 Å². The molecule has 0 amide bonds. The molecule has 1 heterocycles. The van der Waals surface area contributed by atoms with Crippen LogP contribution in [0.15, 0.2) is 47.4 Å². The van der Waals surface area contributed by atoms with Crippen LogP contribution in [0.2, 0.25) is 0 Å². The van der Waals surface area contributed by atoms with Crippen LogP contribution >= 0.6 is 11.8 Å². The van der Waals surface area contributed by atoms with E-state index in [2.05, 4.69) is 0 Å². The van der Waals surface area contributed by atoms with Crippen LogP contribution in [-0.2, 0) is 6.42 Å². The standard InChI is InChI=1S/C16H13FO2S/c17-12-4-2-5-13(9-12)20-10-15(18)14-6-1-3-11-7-8-19-16(11)14/h1-6,9H,7-8,10H2. The molecule has 0 spiro atoms. The molecule has 2 aromatic carbocycles. The number of halogens is 1. The number of carbonyl (C=O) groups is 1. The Morgan fingerprint density at radius 2 is 2.10 bits per heavy atom. The molecule has 0 saturated heterocycles. The molecule has 2 aromatic rings. The maximum absolute atomic E-state index is 13.1. The lowest BCUT2D eigenvalue weighted by molar-refractivity contribution is 0.101. The van der Waals surface area contributed by atoms with Crippen molar-refractivity contribution < 1.29 is 13.9 Å². The molecule has 0 unspecified atom stereocenters. The Kier molecular flexibility index (Phi) is 3.74. The van der Waals surface area contributed by atoms with E-state index in [1.165, 1.54) is 23.9 Å². The van der Waals surface area contributed by atoms with Crippen LogP contribution in [0.3, 0.4) is 0 Å². The van der Waals surface area contributed by atoms with Gasteiger partial charge in [-0.2, -0.15) is 0 Å². The molecule has 20 heavy (non-hydrogen) atoms. The Hall–Kier alpha value is -1.81. The molecule has 0 N–H and O–H groups in total. The third kappa shape index (κ3) is 2.70. The lowest BCUT2D eigenvalue weighted by atomic mass is 10.1. The lowest BCUT2D eigenvalue weighted by Crippen LogP contribution is -2.04. The summed E-state index contributed by atoms with van der Waals surface area (Å²) >= 11 is 1.34. The van der Waals surface area contributed by atoms with Crippen LogP contribution in [0.25, 0.3) is 0 Å². The van der Waals surface area contributed by atoms with E-state index >= 15 is 0 Å². The molecule has 0 fully saturated rings. The van der Waals surface area contributed by atoms with E-state index in [1.54, 1.807) is 18.2 Å². The average Bonchev–Trinajstić information content (AvgIpc) is 2.93. The van der Waals surface area contributed by atoms with Crippen molar-refractivity contribution in [2.45, 2.75) is 11.3 Å². The van der Waals surface area contributed by atoms with Gasteiger partial charge in [0.2, 0.25) is 0 Å². The lowest BCUT2D eigenvalue weighted by Gasteiger charge is -2.07. The SMILES string of the molecule is O=C(CSc1cccc(F)c1)c1cccc2c1OCC2. The Morgan fingerprint density at radius 1 is 1.25 bits per heavy atom. The maximum Gasteiger partial charge on any atom is 0.176 e. The molecule has 0 radical (unpaired) electrons.